The van der Waals surface area contributed by atoms with Gasteiger partial charge in [0, 0.05) is 25.6 Å². The fourth-order valence-corrected chi connectivity index (χ4v) is 5.70. The number of likely N-dealkylation sites (tertiary alicyclic amines) is 1. The first-order valence-electron chi connectivity index (χ1n) is 10.9. The van der Waals surface area contributed by atoms with Crippen LogP contribution in [0, 0.1) is 5.92 Å². The second-order valence-corrected chi connectivity index (χ2v) is 10.2. The molecule has 2 fully saturated rings. The molecule has 31 heavy (non-hydrogen) atoms. The van der Waals surface area contributed by atoms with E-state index < -0.39 is 21.8 Å². The topological polar surface area (TPSA) is 69.7 Å². The Morgan fingerprint density at radius 2 is 1.74 bits per heavy atom. The van der Waals surface area contributed by atoms with E-state index in [1.54, 1.807) is 0 Å². The Morgan fingerprint density at radius 3 is 2.39 bits per heavy atom. The second-order valence-electron chi connectivity index (χ2n) is 8.25. The molecule has 0 spiro atoms. The summed E-state index contributed by atoms with van der Waals surface area (Å²) >= 11 is 0. The highest BCUT2D eigenvalue weighted by atomic mass is 32.2. The first kappa shape index (κ1) is 24.0. The molecule has 2 heterocycles. The molecule has 0 bridgehead atoms. The quantitative estimate of drug-likeness (QED) is 0.634. The van der Waals surface area contributed by atoms with Crippen LogP contribution in [0.25, 0.3) is 0 Å². The molecule has 174 valence electrons. The summed E-state index contributed by atoms with van der Waals surface area (Å²) in [5, 5.41) is 2.94. The Kier molecular flexibility index (Phi) is 7.98. The maximum atomic E-state index is 12.9. The highest BCUT2D eigenvalue weighted by Crippen LogP contribution is 2.32. The van der Waals surface area contributed by atoms with Crippen LogP contribution in [-0.2, 0) is 21.0 Å². The third-order valence-corrected chi connectivity index (χ3v) is 7.92. The number of hydrogen-bond acceptors (Lipinski definition) is 4. The number of rotatable bonds is 7. The molecule has 0 radical (unpaired) electrons. The fraction of sp³-hybridized carbons (Fsp3) is 0.667. The number of nitrogens with one attached hydrogen (secondary N) is 1. The number of benzene rings is 1. The summed E-state index contributed by atoms with van der Waals surface area (Å²) in [6.45, 7) is 4.03. The molecular weight excluding hydrogens is 431 g/mol. The molecule has 2 aliphatic heterocycles. The lowest BCUT2D eigenvalue weighted by molar-refractivity contribution is -0.137. The van der Waals surface area contributed by atoms with Crippen molar-refractivity contribution in [2.24, 2.45) is 5.92 Å². The minimum absolute atomic E-state index is 0.0743. The molecular formula is C21H30F3N3O3S. The minimum atomic E-state index is -4.61. The summed E-state index contributed by atoms with van der Waals surface area (Å²) in [7, 11) is -4.03. The van der Waals surface area contributed by atoms with Crippen LogP contribution in [0.1, 0.15) is 44.1 Å². The predicted octanol–water partition coefficient (Wildman–Crippen LogP) is 3.10. The first-order valence-corrected chi connectivity index (χ1v) is 12.3. The number of amides is 1. The van der Waals surface area contributed by atoms with Gasteiger partial charge in [-0.3, -0.25) is 4.79 Å². The largest absolute Gasteiger partial charge is 0.416 e. The van der Waals surface area contributed by atoms with Crippen LogP contribution in [0.2, 0.25) is 0 Å². The van der Waals surface area contributed by atoms with Crippen LogP contribution in [-0.4, -0.2) is 62.8 Å². The Balaban J connectivity index is 1.46. The molecule has 1 aromatic rings. The summed E-state index contributed by atoms with van der Waals surface area (Å²) in [6, 6.07) is 3.78. The number of carbonyl (C=O) groups is 1. The number of hydrogen-bond donors (Lipinski definition) is 1. The number of carbonyl (C=O) groups excluding carboxylic acids is 1. The number of piperidine rings is 2. The van der Waals surface area contributed by atoms with E-state index in [0.717, 1.165) is 38.2 Å². The van der Waals surface area contributed by atoms with Crippen LogP contribution < -0.4 is 5.32 Å². The summed E-state index contributed by atoms with van der Waals surface area (Å²) in [5.74, 6) is -0.349. The zero-order valence-electron chi connectivity index (χ0n) is 17.5. The van der Waals surface area contributed by atoms with Crippen molar-refractivity contribution in [3.63, 3.8) is 0 Å². The van der Waals surface area contributed by atoms with Crippen molar-refractivity contribution in [1.82, 2.24) is 14.5 Å². The van der Waals surface area contributed by atoms with Crippen molar-refractivity contribution in [1.29, 1.82) is 0 Å². The van der Waals surface area contributed by atoms with Crippen LogP contribution in [0.4, 0.5) is 13.2 Å². The second kappa shape index (κ2) is 10.3. The smallest absolute Gasteiger partial charge is 0.356 e. The lowest BCUT2D eigenvalue weighted by Gasteiger charge is -2.31. The Morgan fingerprint density at radius 1 is 1.06 bits per heavy atom. The average molecular weight is 462 g/mol. The SMILES string of the molecule is O=C(NCCCN1CCCCC1)C1CCN(S(=O)(=O)c2cccc(C(F)(F)F)c2)CC1. The molecule has 6 nitrogen and oxygen atoms in total. The molecule has 0 aromatic heterocycles. The lowest BCUT2D eigenvalue weighted by Crippen LogP contribution is -2.43. The molecule has 0 saturated carbocycles. The molecule has 0 aliphatic carbocycles. The highest BCUT2D eigenvalue weighted by Gasteiger charge is 2.35. The Bertz CT molecular complexity index is 847. The number of alkyl halides is 3. The summed E-state index contributed by atoms with van der Waals surface area (Å²) < 4.78 is 65.4. The van der Waals surface area contributed by atoms with Gasteiger partial charge in [-0.05, 0) is 69.9 Å². The molecule has 0 unspecified atom stereocenters. The molecule has 1 N–H and O–H groups in total. The van der Waals surface area contributed by atoms with Gasteiger partial charge in [-0.25, -0.2) is 8.42 Å². The molecule has 0 atom stereocenters. The third kappa shape index (κ3) is 6.43. The van der Waals surface area contributed by atoms with Crippen LogP contribution in [0.15, 0.2) is 29.2 Å². The maximum absolute atomic E-state index is 12.9. The zero-order chi connectivity index (χ0) is 22.5. The summed E-state index contributed by atoms with van der Waals surface area (Å²) in [5.41, 5.74) is -0.993. The van der Waals surface area contributed by atoms with Crippen molar-refractivity contribution in [3.8, 4) is 0 Å². The van der Waals surface area contributed by atoms with E-state index >= 15 is 0 Å². The first-order chi connectivity index (χ1) is 14.7. The van der Waals surface area contributed by atoms with Crippen LogP contribution >= 0.6 is 0 Å². The molecule has 2 aliphatic rings. The Hall–Kier alpha value is -1.65. The molecule has 1 amide bonds. The number of nitrogens with zero attached hydrogens (tertiary/aromatic N) is 2. The normalized spacial score (nSPS) is 20.0. The van der Waals surface area contributed by atoms with Gasteiger partial charge in [0.25, 0.3) is 0 Å². The molecule has 10 heteroatoms. The van der Waals surface area contributed by atoms with Crippen molar-refractivity contribution in [2.75, 3.05) is 39.3 Å². The maximum Gasteiger partial charge on any atom is 0.416 e. The number of sulfonamides is 1. The van der Waals surface area contributed by atoms with Gasteiger partial charge < -0.3 is 10.2 Å². The number of halogens is 3. The van der Waals surface area contributed by atoms with E-state index in [0.29, 0.717) is 25.5 Å². The van der Waals surface area contributed by atoms with Gasteiger partial charge in [0.15, 0.2) is 0 Å². The monoisotopic (exact) mass is 461 g/mol. The molecule has 2 saturated heterocycles. The van der Waals surface area contributed by atoms with Gasteiger partial charge in [-0.2, -0.15) is 17.5 Å². The minimum Gasteiger partial charge on any atom is -0.356 e. The Labute approximate surface area is 181 Å². The average Bonchev–Trinajstić information content (AvgIpc) is 2.77. The molecule has 3 rings (SSSR count). The van der Waals surface area contributed by atoms with Gasteiger partial charge in [0.2, 0.25) is 15.9 Å². The van der Waals surface area contributed by atoms with Gasteiger partial charge in [0.05, 0.1) is 10.5 Å². The van der Waals surface area contributed by atoms with E-state index in [2.05, 4.69) is 10.2 Å². The van der Waals surface area contributed by atoms with Crippen LogP contribution in [0.3, 0.4) is 0 Å². The van der Waals surface area contributed by atoms with Crippen molar-refractivity contribution < 1.29 is 26.4 Å². The lowest BCUT2D eigenvalue weighted by atomic mass is 9.97. The standard InChI is InChI=1S/C21H30F3N3O3S/c22-21(23,24)18-6-4-7-19(16-18)31(29,30)27-14-8-17(9-15-27)20(28)25-10-5-13-26-11-2-1-3-12-26/h4,6-7,16-17H,1-3,5,8-15H2,(H,25,28). The van der Waals surface area contributed by atoms with Crippen molar-refractivity contribution in [2.45, 2.75) is 49.6 Å². The highest BCUT2D eigenvalue weighted by molar-refractivity contribution is 7.89. The third-order valence-electron chi connectivity index (χ3n) is 6.02. The van der Waals surface area contributed by atoms with E-state index in [1.807, 2.05) is 0 Å². The van der Waals surface area contributed by atoms with E-state index in [9.17, 15) is 26.4 Å². The van der Waals surface area contributed by atoms with Gasteiger partial charge in [-0.15, -0.1) is 0 Å². The molecule has 1 aromatic carbocycles. The van der Waals surface area contributed by atoms with Crippen molar-refractivity contribution >= 4 is 15.9 Å². The predicted molar refractivity (Wildman–Crippen MR) is 111 cm³/mol. The summed E-state index contributed by atoms with van der Waals surface area (Å²) in [6.07, 6.45) is 0.740. The van der Waals surface area contributed by atoms with Crippen LogP contribution in [0.5, 0.6) is 0 Å². The van der Waals surface area contributed by atoms with Crippen molar-refractivity contribution in [3.05, 3.63) is 29.8 Å². The van der Waals surface area contributed by atoms with Gasteiger partial charge in [0.1, 0.15) is 0 Å². The fourth-order valence-electron chi connectivity index (χ4n) is 4.18. The van der Waals surface area contributed by atoms with E-state index in [1.165, 1.54) is 29.6 Å². The van der Waals surface area contributed by atoms with Gasteiger partial charge in [-0.1, -0.05) is 12.5 Å². The van der Waals surface area contributed by atoms with Gasteiger partial charge >= 0.3 is 6.18 Å². The van der Waals surface area contributed by atoms with E-state index in [-0.39, 0.29) is 29.8 Å². The summed E-state index contributed by atoms with van der Waals surface area (Å²) in [4.78, 5) is 14.5. The zero-order valence-corrected chi connectivity index (χ0v) is 18.3. The van der Waals surface area contributed by atoms with E-state index in [4.69, 9.17) is 0 Å².